The highest BCUT2D eigenvalue weighted by Gasteiger charge is 2.34. The Morgan fingerprint density at radius 2 is 1.79 bits per heavy atom. The maximum atomic E-state index is 13.8. The predicted octanol–water partition coefficient (Wildman–Crippen LogP) is 7.09. The molecule has 0 saturated carbocycles. The van der Waals surface area contributed by atoms with Gasteiger partial charge in [0.2, 0.25) is 5.88 Å². The van der Waals surface area contributed by atoms with E-state index in [1.807, 2.05) is 0 Å². The van der Waals surface area contributed by atoms with Crippen molar-refractivity contribution in [1.82, 2.24) is 15.1 Å². The lowest BCUT2D eigenvalue weighted by Gasteiger charge is -2.15. The fourth-order valence-electron chi connectivity index (χ4n) is 3.87. The fourth-order valence-corrected chi connectivity index (χ4v) is 4.72. The van der Waals surface area contributed by atoms with Crippen molar-refractivity contribution in [2.24, 2.45) is 7.05 Å². The van der Waals surface area contributed by atoms with Crippen molar-refractivity contribution in [3.05, 3.63) is 87.2 Å². The number of carbonyl (C=O) groups excluding carboxylic acids is 1. The average molecular weight is 566 g/mol. The molecular formula is C26H20F5N3O4S. The van der Waals surface area contributed by atoms with Crippen LogP contribution in [-0.2, 0) is 13.2 Å². The van der Waals surface area contributed by atoms with Crippen LogP contribution in [-0.4, -0.2) is 26.8 Å². The summed E-state index contributed by atoms with van der Waals surface area (Å²) in [6.45, 7) is 1.55. The molecule has 0 aliphatic carbocycles. The highest BCUT2D eigenvalue weighted by molar-refractivity contribution is 7.14. The number of benzene rings is 2. The second-order valence-corrected chi connectivity index (χ2v) is 9.48. The molecule has 0 radical (unpaired) electrons. The van der Waals surface area contributed by atoms with Crippen molar-refractivity contribution >= 4 is 23.2 Å². The SMILES string of the molecule is CC(NC(=O)c1c(C(F)F)nn(C)c1Oc1cccc(-c2ccccc2C(F)(F)F)c1)c1ccc(C(=O)O)s1. The lowest BCUT2D eigenvalue weighted by Crippen LogP contribution is -2.27. The summed E-state index contributed by atoms with van der Waals surface area (Å²) in [4.78, 5) is 24.8. The number of aryl methyl sites for hydroxylation is 1. The first-order valence-corrected chi connectivity index (χ1v) is 12.1. The topological polar surface area (TPSA) is 93.5 Å². The molecule has 1 atom stereocenters. The number of thiophene rings is 1. The first-order valence-electron chi connectivity index (χ1n) is 11.3. The van der Waals surface area contributed by atoms with Crippen LogP contribution in [0.3, 0.4) is 0 Å². The van der Waals surface area contributed by atoms with Gasteiger partial charge in [-0.1, -0.05) is 30.3 Å². The van der Waals surface area contributed by atoms with E-state index in [4.69, 9.17) is 9.84 Å². The van der Waals surface area contributed by atoms with Gasteiger partial charge in [-0.3, -0.25) is 4.79 Å². The van der Waals surface area contributed by atoms with Crippen LogP contribution in [0.25, 0.3) is 11.1 Å². The molecule has 0 spiro atoms. The molecule has 0 aliphatic rings. The number of carboxylic acid groups (broad SMARTS) is 1. The number of amides is 1. The Bertz CT molecular complexity index is 1530. The summed E-state index contributed by atoms with van der Waals surface area (Å²) in [5.41, 5.74) is -2.24. The summed E-state index contributed by atoms with van der Waals surface area (Å²) in [7, 11) is 1.28. The van der Waals surface area contributed by atoms with Gasteiger partial charge in [0, 0.05) is 11.9 Å². The van der Waals surface area contributed by atoms with E-state index in [9.17, 15) is 31.5 Å². The van der Waals surface area contributed by atoms with Gasteiger partial charge in [0.15, 0.2) is 0 Å². The van der Waals surface area contributed by atoms with Crippen LogP contribution in [0.1, 0.15) is 55.6 Å². The van der Waals surface area contributed by atoms with Gasteiger partial charge in [-0.2, -0.15) is 18.3 Å². The Hall–Kier alpha value is -4.26. The zero-order valence-corrected chi connectivity index (χ0v) is 21.1. The smallest absolute Gasteiger partial charge is 0.417 e. The number of carboxylic acids is 1. The van der Waals surface area contributed by atoms with E-state index in [1.165, 1.54) is 61.6 Å². The highest BCUT2D eigenvalue weighted by Crippen LogP contribution is 2.39. The van der Waals surface area contributed by atoms with E-state index in [0.717, 1.165) is 22.1 Å². The minimum absolute atomic E-state index is 0.0141. The summed E-state index contributed by atoms with van der Waals surface area (Å²) in [5.74, 6) is -2.47. The van der Waals surface area contributed by atoms with Crippen molar-refractivity contribution in [3.63, 3.8) is 0 Å². The summed E-state index contributed by atoms with van der Waals surface area (Å²) in [5, 5.41) is 15.4. The Morgan fingerprint density at radius 1 is 1.08 bits per heavy atom. The number of rotatable bonds is 8. The number of alkyl halides is 5. The quantitative estimate of drug-likeness (QED) is 0.223. The van der Waals surface area contributed by atoms with Gasteiger partial charge in [0.1, 0.15) is 21.9 Å². The van der Waals surface area contributed by atoms with Gasteiger partial charge in [0.25, 0.3) is 12.3 Å². The number of aromatic nitrogens is 2. The van der Waals surface area contributed by atoms with E-state index in [2.05, 4.69) is 10.4 Å². The van der Waals surface area contributed by atoms with Gasteiger partial charge < -0.3 is 15.2 Å². The standard InChI is InChI=1S/C26H20F5N3O4S/c1-13(18-10-11-19(39-18)25(36)37)32-23(35)20-21(22(27)28)33-34(2)24(20)38-15-7-5-6-14(12-15)16-8-3-4-9-17(16)26(29,30)31/h3-13,22H,1-2H3,(H,32,35)(H,36,37). The number of hydrogen-bond acceptors (Lipinski definition) is 5. The minimum atomic E-state index is -4.61. The van der Waals surface area contributed by atoms with Crippen LogP contribution in [0.4, 0.5) is 22.0 Å². The van der Waals surface area contributed by atoms with E-state index in [1.54, 1.807) is 6.92 Å². The summed E-state index contributed by atoms with van der Waals surface area (Å²) in [6, 6.07) is 12.6. The van der Waals surface area contributed by atoms with Gasteiger partial charge in [0.05, 0.1) is 11.6 Å². The molecule has 1 amide bonds. The average Bonchev–Trinajstić information content (AvgIpc) is 3.50. The molecule has 4 rings (SSSR count). The molecule has 39 heavy (non-hydrogen) atoms. The van der Waals surface area contributed by atoms with Gasteiger partial charge in [-0.15, -0.1) is 11.3 Å². The lowest BCUT2D eigenvalue weighted by molar-refractivity contribution is -0.137. The third-order valence-electron chi connectivity index (χ3n) is 5.66. The molecule has 0 fully saturated rings. The van der Waals surface area contributed by atoms with Crippen LogP contribution in [0, 0.1) is 0 Å². The first kappa shape index (κ1) is 27.8. The van der Waals surface area contributed by atoms with Crippen LogP contribution in [0.5, 0.6) is 11.6 Å². The Morgan fingerprint density at radius 3 is 2.44 bits per heavy atom. The maximum Gasteiger partial charge on any atom is 0.417 e. The van der Waals surface area contributed by atoms with Crippen molar-refractivity contribution in [2.75, 3.05) is 0 Å². The number of hydrogen-bond donors (Lipinski definition) is 2. The fraction of sp³-hybridized carbons (Fsp3) is 0.192. The first-order chi connectivity index (χ1) is 18.4. The molecule has 204 valence electrons. The Kier molecular flexibility index (Phi) is 7.72. The Balaban J connectivity index is 1.68. The zero-order chi connectivity index (χ0) is 28.5. The molecule has 0 bridgehead atoms. The monoisotopic (exact) mass is 565 g/mol. The second kappa shape index (κ2) is 10.8. The Labute approximate surface area is 222 Å². The molecule has 1 unspecified atom stereocenters. The third kappa shape index (κ3) is 5.93. The van der Waals surface area contributed by atoms with Crippen LogP contribution >= 0.6 is 11.3 Å². The molecule has 7 nitrogen and oxygen atoms in total. The number of ether oxygens (including phenoxy) is 1. The predicted molar refractivity (Wildman–Crippen MR) is 132 cm³/mol. The van der Waals surface area contributed by atoms with E-state index in [-0.39, 0.29) is 27.6 Å². The number of nitrogens with one attached hydrogen (secondary N) is 1. The molecule has 13 heteroatoms. The maximum absolute atomic E-state index is 13.8. The van der Waals surface area contributed by atoms with Crippen LogP contribution in [0.15, 0.2) is 60.7 Å². The largest absolute Gasteiger partial charge is 0.477 e. The number of nitrogens with zero attached hydrogens (tertiary/aromatic N) is 2. The zero-order valence-electron chi connectivity index (χ0n) is 20.3. The van der Waals surface area contributed by atoms with Crippen molar-refractivity contribution < 1.29 is 41.4 Å². The molecule has 2 aromatic carbocycles. The summed E-state index contributed by atoms with van der Waals surface area (Å²) in [6.07, 6.45) is -7.76. The van der Waals surface area contributed by atoms with E-state index in [0.29, 0.717) is 4.88 Å². The minimum Gasteiger partial charge on any atom is -0.477 e. The molecule has 2 heterocycles. The molecule has 2 aromatic heterocycles. The normalized spacial score (nSPS) is 12.4. The molecular weight excluding hydrogens is 545 g/mol. The molecule has 4 aromatic rings. The van der Waals surface area contributed by atoms with Crippen molar-refractivity contribution in [1.29, 1.82) is 0 Å². The molecule has 0 aliphatic heterocycles. The van der Waals surface area contributed by atoms with Gasteiger partial charge in [-0.25, -0.2) is 18.3 Å². The lowest BCUT2D eigenvalue weighted by atomic mass is 9.99. The second-order valence-electron chi connectivity index (χ2n) is 8.37. The van der Waals surface area contributed by atoms with Crippen molar-refractivity contribution in [3.8, 4) is 22.8 Å². The summed E-state index contributed by atoms with van der Waals surface area (Å²) >= 11 is 0.917. The van der Waals surface area contributed by atoms with Gasteiger partial charge >= 0.3 is 12.1 Å². The van der Waals surface area contributed by atoms with E-state index >= 15 is 0 Å². The molecule has 2 N–H and O–H groups in total. The molecule has 0 saturated heterocycles. The van der Waals surface area contributed by atoms with E-state index < -0.39 is 47.3 Å². The number of halogens is 5. The highest BCUT2D eigenvalue weighted by atomic mass is 32.1. The summed E-state index contributed by atoms with van der Waals surface area (Å²) < 4.78 is 75.0. The number of carbonyl (C=O) groups is 2. The van der Waals surface area contributed by atoms with Crippen molar-refractivity contribution in [2.45, 2.75) is 25.6 Å². The van der Waals surface area contributed by atoms with Crippen LogP contribution in [0.2, 0.25) is 0 Å². The number of aromatic carboxylic acids is 1. The van der Waals surface area contributed by atoms with Crippen LogP contribution < -0.4 is 10.1 Å². The third-order valence-corrected chi connectivity index (χ3v) is 6.92. The van der Waals surface area contributed by atoms with Gasteiger partial charge in [-0.05, 0) is 48.4 Å².